The van der Waals surface area contributed by atoms with Gasteiger partial charge in [-0.25, -0.2) is 4.98 Å². The Morgan fingerprint density at radius 2 is 2.31 bits per heavy atom. The van der Waals surface area contributed by atoms with Crippen LogP contribution in [0.4, 0.5) is 5.95 Å². The minimum atomic E-state index is -0.755. The lowest BCUT2D eigenvalue weighted by atomic mass is 10.2. The summed E-state index contributed by atoms with van der Waals surface area (Å²) < 4.78 is 14.1. The molecule has 138 valence electrons. The van der Waals surface area contributed by atoms with Gasteiger partial charge in [0.15, 0.2) is 11.2 Å². The summed E-state index contributed by atoms with van der Waals surface area (Å²) in [5, 5.41) is 21.2. The zero-order chi connectivity index (χ0) is 18.3. The number of halogens is 1. The molecule has 0 radical (unpaired) electrons. The molecule has 0 bridgehead atoms. The Morgan fingerprint density at radius 3 is 3.00 bits per heavy atom. The number of nitrogens with zero attached hydrogens (tertiary/aromatic N) is 4. The zero-order valence-electron chi connectivity index (χ0n) is 13.4. The number of thiophene rings is 1. The van der Waals surface area contributed by atoms with Crippen LogP contribution in [0.15, 0.2) is 22.2 Å². The summed E-state index contributed by atoms with van der Waals surface area (Å²) in [5.74, 6) is 0.340. The van der Waals surface area contributed by atoms with E-state index in [4.69, 9.17) is 15.2 Å². The van der Waals surface area contributed by atoms with Crippen LogP contribution in [-0.2, 0) is 11.3 Å². The van der Waals surface area contributed by atoms with Gasteiger partial charge in [-0.1, -0.05) is 0 Å². The van der Waals surface area contributed by atoms with Gasteiger partial charge in [-0.3, -0.25) is 4.57 Å². The van der Waals surface area contributed by atoms with E-state index in [0.717, 1.165) is 9.35 Å². The molecule has 1 aliphatic heterocycles. The van der Waals surface area contributed by atoms with Gasteiger partial charge in [-0.15, -0.1) is 11.3 Å². The van der Waals surface area contributed by atoms with Crippen LogP contribution in [0, 0.1) is 0 Å². The van der Waals surface area contributed by atoms with E-state index < -0.39 is 18.4 Å². The number of aromatic nitrogens is 4. The van der Waals surface area contributed by atoms with E-state index >= 15 is 0 Å². The van der Waals surface area contributed by atoms with E-state index in [0.29, 0.717) is 24.2 Å². The summed E-state index contributed by atoms with van der Waals surface area (Å²) in [5.41, 5.74) is 6.74. The van der Waals surface area contributed by atoms with Gasteiger partial charge in [-0.05, 0) is 22.0 Å². The van der Waals surface area contributed by atoms with Crippen molar-refractivity contribution >= 4 is 44.4 Å². The average molecular weight is 442 g/mol. The number of hydrogen-bond acceptors (Lipinski definition) is 9. The van der Waals surface area contributed by atoms with Crippen molar-refractivity contribution < 1.29 is 19.7 Å². The topological polar surface area (TPSA) is 129 Å². The highest BCUT2D eigenvalue weighted by atomic mass is 79.9. The lowest BCUT2D eigenvalue weighted by Crippen LogP contribution is -2.24. The first kappa shape index (κ1) is 17.6. The number of fused-ring (bicyclic) bond motifs is 1. The second kappa shape index (κ2) is 7.08. The summed E-state index contributed by atoms with van der Waals surface area (Å²) in [4.78, 5) is 13.7. The Labute approximate surface area is 160 Å². The molecular formula is C15H16BrN5O4S. The first-order valence-electron chi connectivity index (χ1n) is 7.85. The molecule has 11 heteroatoms. The molecule has 26 heavy (non-hydrogen) atoms. The molecule has 9 nitrogen and oxygen atoms in total. The summed E-state index contributed by atoms with van der Waals surface area (Å²) in [6, 6.07) is 1.97. The third-order valence-corrected chi connectivity index (χ3v) is 5.75. The summed E-state index contributed by atoms with van der Waals surface area (Å²) in [7, 11) is 0. The molecule has 4 N–H and O–H groups in total. The van der Waals surface area contributed by atoms with Gasteiger partial charge >= 0.3 is 0 Å². The molecular weight excluding hydrogens is 426 g/mol. The van der Waals surface area contributed by atoms with Gasteiger partial charge < -0.3 is 25.4 Å². The molecule has 3 aromatic heterocycles. The zero-order valence-corrected chi connectivity index (χ0v) is 15.9. The van der Waals surface area contributed by atoms with Gasteiger partial charge in [0.1, 0.15) is 18.9 Å². The van der Waals surface area contributed by atoms with E-state index in [-0.39, 0.29) is 18.4 Å². The van der Waals surface area contributed by atoms with Crippen molar-refractivity contribution in [3.63, 3.8) is 0 Å². The number of anilines is 1. The van der Waals surface area contributed by atoms with Crippen LogP contribution in [0.2, 0.25) is 0 Å². The highest BCUT2D eigenvalue weighted by Gasteiger charge is 2.35. The fourth-order valence-corrected chi connectivity index (χ4v) is 4.20. The molecule has 1 aliphatic rings. The molecule has 3 atom stereocenters. The molecule has 1 fully saturated rings. The van der Waals surface area contributed by atoms with Gasteiger partial charge in [0.05, 0.1) is 19.0 Å². The van der Waals surface area contributed by atoms with E-state index in [1.807, 2.05) is 11.4 Å². The van der Waals surface area contributed by atoms with E-state index in [1.165, 1.54) is 0 Å². The lowest BCUT2D eigenvalue weighted by molar-refractivity contribution is -0.0432. The Kier molecular flexibility index (Phi) is 4.80. The normalized spacial score (nSPS) is 23.0. The van der Waals surface area contributed by atoms with Crippen molar-refractivity contribution in [2.45, 2.75) is 31.5 Å². The van der Waals surface area contributed by atoms with Crippen molar-refractivity contribution in [1.82, 2.24) is 19.5 Å². The van der Waals surface area contributed by atoms with Gasteiger partial charge in [0.2, 0.25) is 11.8 Å². The molecule has 0 saturated carbocycles. The summed E-state index contributed by atoms with van der Waals surface area (Å²) in [6.07, 6.45) is -0.0216. The van der Waals surface area contributed by atoms with E-state index in [2.05, 4.69) is 30.9 Å². The van der Waals surface area contributed by atoms with Crippen LogP contribution in [0.1, 0.15) is 17.5 Å². The Morgan fingerprint density at radius 1 is 1.46 bits per heavy atom. The van der Waals surface area contributed by atoms with Crippen molar-refractivity contribution in [2.24, 2.45) is 0 Å². The number of hydrogen-bond donors (Lipinski definition) is 3. The molecule has 1 saturated heterocycles. The number of imidazole rings is 1. The maximum atomic E-state index is 9.95. The maximum Gasteiger partial charge on any atom is 0.247 e. The first-order valence-corrected chi connectivity index (χ1v) is 9.52. The fourth-order valence-electron chi connectivity index (χ4n) is 2.84. The van der Waals surface area contributed by atoms with E-state index in [9.17, 15) is 10.2 Å². The molecule has 0 aliphatic carbocycles. The van der Waals surface area contributed by atoms with Crippen LogP contribution in [0.5, 0.6) is 5.88 Å². The summed E-state index contributed by atoms with van der Waals surface area (Å²) >= 11 is 4.97. The minimum absolute atomic E-state index is 0.0545. The third kappa shape index (κ3) is 3.28. The van der Waals surface area contributed by atoms with Crippen molar-refractivity contribution in [2.75, 3.05) is 12.3 Å². The molecule has 0 aromatic carbocycles. The Hall–Kier alpha value is -1.79. The average Bonchev–Trinajstić information content (AvgIpc) is 3.30. The molecule has 4 heterocycles. The molecule has 0 unspecified atom stereocenters. The van der Waals surface area contributed by atoms with Crippen molar-refractivity contribution in [1.29, 1.82) is 0 Å². The van der Waals surface area contributed by atoms with Crippen LogP contribution in [0.3, 0.4) is 0 Å². The number of aliphatic hydroxyl groups excluding tert-OH is 2. The number of aliphatic hydroxyl groups is 2. The molecule has 4 rings (SSSR count). The predicted molar refractivity (Wildman–Crippen MR) is 97.7 cm³/mol. The standard InChI is InChI=1S/C15H16BrN5O4S/c16-7-1-8(26-5-7)4-24-14-12-13(19-15(17)20-14)21(6-18-12)11-2-9(23)10(3-22)25-11/h1,5-6,9-11,22-23H,2-4H2,(H2,17,19,20)/t9-,10+,11+/m0/s1. The van der Waals surface area contributed by atoms with Gasteiger partial charge in [0.25, 0.3) is 0 Å². The SMILES string of the molecule is Nc1nc(OCc2cc(Br)cs2)c2ncn([C@H]3C[C@H](O)[C@@H](CO)O3)c2n1. The van der Waals surface area contributed by atoms with Crippen LogP contribution in [0.25, 0.3) is 11.2 Å². The van der Waals surface area contributed by atoms with Crippen molar-refractivity contribution in [3.8, 4) is 5.88 Å². The smallest absolute Gasteiger partial charge is 0.247 e. The lowest BCUT2D eigenvalue weighted by Gasteiger charge is -2.14. The van der Waals surface area contributed by atoms with E-state index in [1.54, 1.807) is 22.2 Å². The fraction of sp³-hybridized carbons (Fsp3) is 0.400. The second-order valence-electron chi connectivity index (χ2n) is 5.85. The Bertz CT molecular complexity index is 932. The highest BCUT2D eigenvalue weighted by Crippen LogP contribution is 2.33. The third-order valence-electron chi connectivity index (χ3n) is 4.07. The first-order chi connectivity index (χ1) is 12.5. The molecule has 3 aromatic rings. The number of rotatable bonds is 5. The monoisotopic (exact) mass is 441 g/mol. The number of nitrogens with two attached hydrogens (primary N) is 1. The van der Waals surface area contributed by atoms with Crippen LogP contribution >= 0.6 is 27.3 Å². The molecule has 0 amide bonds. The summed E-state index contributed by atoms with van der Waals surface area (Å²) in [6.45, 7) is 0.0755. The van der Waals surface area contributed by atoms with Gasteiger partial charge in [-0.2, -0.15) is 9.97 Å². The largest absolute Gasteiger partial charge is 0.470 e. The molecule has 0 spiro atoms. The van der Waals surface area contributed by atoms with Crippen LogP contribution < -0.4 is 10.5 Å². The quantitative estimate of drug-likeness (QED) is 0.542. The highest BCUT2D eigenvalue weighted by molar-refractivity contribution is 9.10. The number of nitrogen functional groups attached to an aromatic ring is 1. The predicted octanol–water partition coefficient (Wildman–Crippen LogP) is 1.45. The second-order valence-corrected chi connectivity index (χ2v) is 7.76. The Balaban J connectivity index is 1.63. The minimum Gasteiger partial charge on any atom is -0.470 e. The van der Waals surface area contributed by atoms with Crippen molar-refractivity contribution in [3.05, 3.63) is 27.1 Å². The van der Waals surface area contributed by atoms with Gasteiger partial charge in [0, 0.05) is 21.2 Å². The van der Waals surface area contributed by atoms with Crippen LogP contribution in [-0.4, -0.2) is 48.5 Å². The maximum absolute atomic E-state index is 9.95. The number of ether oxygens (including phenoxy) is 2.